The first kappa shape index (κ1) is 17.8. The minimum Gasteiger partial charge on any atom is -0.466 e. The summed E-state index contributed by atoms with van der Waals surface area (Å²) >= 11 is 3.35. The number of imidazole rings is 1. The van der Waals surface area contributed by atoms with Crippen molar-refractivity contribution in [2.75, 3.05) is 13.9 Å². The Bertz CT molecular complexity index is 922. The lowest BCUT2D eigenvalue weighted by Gasteiger charge is -2.13. The Morgan fingerprint density at radius 2 is 1.92 bits per heavy atom. The van der Waals surface area contributed by atoms with E-state index < -0.39 is 11.7 Å². The van der Waals surface area contributed by atoms with E-state index in [0.29, 0.717) is 27.0 Å². The minimum atomic E-state index is -4.50. The third-order valence-electron chi connectivity index (χ3n) is 3.57. The normalized spacial score (nSPS) is 11.9. The van der Waals surface area contributed by atoms with Crippen LogP contribution in [-0.4, -0.2) is 23.3 Å². The van der Waals surface area contributed by atoms with E-state index in [4.69, 9.17) is 9.47 Å². The highest BCUT2D eigenvalue weighted by Crippen LogP contribution is 2.37. The lowest BCUT2D eigenvalue weighted by molar-refractivity contribution is -0.136. The van der Waals surface area contributed by atoms with E-state index in [1.807, 2.05) is 0 Å². The predicted molar refractivity (Wildman–Crippen MR) is 90.6 cm³/mol. The average Bonchev–Trinajstić information content (AvgIpc) is 2.92. The number of methoxy groups -OCH3 is 1. The monoisotopic (exact) mass is 414 g/mol. The Morgan fingerprint density at radius 1 is 1.16 bits per heavy atom. The van der Waals surface area contributed by atoms with Crippen LogP contribution in [0.15, 0.2) is 41.1 Å². The summed E-state index contributed by atoms with van der Waals surface area (Å²) in [6.45, 7) is 1.69. The molecule has 3 rings (SSSR count). The van der Waals surface area contributed by atoms with Crippen molar-refractivity contribution in [1.29, 1.82) is 0 Å². The van der Waals surface area contributed by atoms with Crippen LogP contribution in [0.3, 0.4) is 0 Å². The number of pyridine rings is 1. The third-order valence-corrected chi connectivity index (χ3v) is 4.23. The molecule has 4 nitrogen and oxygen atoms in total. The molecule has 0 bridgehead atoms. The number of ether oxygens (including phenoxy) is 2. The van der Waals surface area contributed by atoms with Crippen molar-refractivity contribution in [2.24, 2.45) is 0 Å². The lowest BCUT2D eigenvalue weighted by atomic mass is 10.1. The van der Waals surface area contributed by atoms with Crippen LogP contribution in [0.4, 0.5) is 13.2 Å². The number of hydrogen-bond donors (Lipinski definition) is 0. The molecule has 3 aromatic rings. The zero-order valence-electron chi connectivity index (χ0n) is 13.4. The summed E-state index contributed by atoms with van der Waals surface area (Å²) < 4.78 is 52.7. The molecule has 0 amide bonds. The number of halogens is 4. The first-order valence-electron chi connectivity index (χ1n) is 7.28. The van der Waals surface area contributed by atoms with Crippen LogP contribution in [0.2, 0.25) is 0 Å². The van der Waals surface area contributed by atoms with E-state index in [-0.39, 0.29) is 12.4 Å². The second-order valence-corrected chi connectivity index (χ2v) is 6.30. The van der Waals surface area contributed by atoms with Gasteiger partial charge in [0.1, 0.15) is 11.4 Å². The number of aryl methyl sites for hydroxylation is 1. The molecule has 0 radical (unpaired) electrons. The Kier molecular flexibility index (Phi) is 4.75. The molecule has 0 aliphatic rings. The molecule has 132 valence electrons. The number of benzene rings is 1. The number of fused-ring (bicyclic) bond motifs is 1. The third kappa shape index (κ3) is 3.64. The minimum absolute atomic E-state index is 0.0373. The molecule has 0 spiro atoms. The van der Waals surface area contributed by atoms with E-state index in [9.17, 15) is 13.2 Å². The Hall–Kier alpha value is -2.06. The number of aromatic nitrogens is 2. The zero-order valence-corrected chi connectivity index (χ0v) is 15.0. The van der Waals surface area contributed by atoms with Crippen molar-refractivity contribution >= 4 is 21.6 Å². The summed E-state index contributed by atoms with van der Waals surface area (Å²) in [5.74, 6) is 0.481. The van der Waals surface area contributed by atoms with Gasteiger partial charge in [0.15, 0.2) is 6.79 Å². The summed E-state index contributed by atoms with van der Waals surface area (Å²) in [6, 6.07) is 6.20. The number of rotatable bonds is 4. The molecule has 0 aliphatic carbocycles. The molecule has 0 atom stereocenters. The van der Waals surface area contributed by atoms with E-state index in [1.54, 1.807) is 37.5 Å². The molecular weight excluding hydrogens is 401 g/mol. The highest BCUT2D eigenvalue weighted by atomic mass is 79.9. The van der Waals surface area contributed by atoms with E-state index in [2.05, 4.69) is 20.9 Å². The molecule has 1 aromatic carbocycles. The van der Waals surface area contributed by atoms with E-state index in [0.717, 1.165) is 6.07 Å². The Balaban J connectivity index is 2.16. The molecule has 0 fully saturated rings. The highest BCUT2D eigenvalue weighted by Gasteiger charge is 2.34. The van der Waals surface area contributed by atoms with Gasteiger partial charge in [0, 0.05) is 19.5 Å². The summed E-state index contributed by atoms with van der Waals surface area (Å²) in [6.07, 6.45) is -1.32. The standard InChI is InChI=1S/C17H14BrF3N2O2/c1-10-7-23-8-12(5-13(16(23)22-10)17(19,20)21)11-3-4-14(18)15(6-11)25-9-24-2/h3-8H,9H2,1-2H3. The van der Waals surface area contributed by atoms with Crippen LogP contribution in [0.25, 0.3) is 16.8 Å². The summed E-state index contributed by atoms with van der Waals surface area (Å²) in [5.41, 5.74) is 0.629. The van der Waals surface area contributed by atoms with Gasteiger partial charge in [0.2, 0.25) is 0 Å². The zero-order chi connectivity index (χ0) is 18.2. The van der Waals surface area contributed by atoms with Crippen LogP contribution in [0.1, 0.15) is 11.3 Å². The van der Waals surface area contributed by atoms with E-state index >= 15 is 0 Å². The largest absolute Gasteiger partial charge is 0.466 e. The number of alkyl halides is 3. The van der Waals surface area contributed by atoms with Crippen LogP contribution in [-0.2, 0) is 10.9 Å². The van der Waals surface area contributed by atoms with Gasteiger partial charge in [-0.15, -0.1) is 0 Å². The topological polar surface area (TPSA) is 35.8 Å². The second kappa shape index (κ2) is 6.68. The first-order valence-corrected chi connectivity index (χ1v) is 8.07. The fourth-order valence-corrected chi connectivity index (χ4v) is 2.86. The molecule has 8 heteroatoms. The van der Waals surface area contributed by atoms with Crippen molar-refractivity contribution in [3.8, 4) is 16.9 Å². The molecule has 0 N–H and O–H groups in total. The van der Waals surface area contributed by atoms with Gasteiger partial charge in [-0.05, 0) is 52.2 Å². The van der Waals surface area contributed by atoms with Gasteiger partial charge in [-0.2, -0.15) is 13.2 Å². The van der Waals surface area contributed by atoms with Gasteiger partial charge < -0.3 is 13.9 Å². The highest BCUT2D eigenvalue weighted by molar-refractivity contribution is 9.10. The van der Waals surface area contributed by atoms with Crippen LogP contribution in [0, 0.1) is 6.92 Å². The van der Waals surface area contributed by atoms with Crippen molar-refractivity contribution in [3.63, 3.8) is 0 Å². The SMILES string of the molecule is COCOc1cc(-c2cc(C(F)(F)F)c3nc(C)cn3c2)ccc1Br. The summed E-state index contributed by atoms with van der Waals surface area (Å²) in [7, 11) is 1.49. The fraction of sp³-hybridized carbons (Fsp3) is 0.235. The number of nitrogens with zero attached hydrogens (tertiary/aromatic N) is 2. The van der Waals surface area contributed by atoms with Gasteiger partial charge in [-0.1, -0.05) is 6.07 Å². The van der Waals surface area contributed by atoms with Crippen LogP contribution < -0.4 is 4.74 Å². The molecule has 0 aliphatic heterocycles. The van der Waals surface area contributed by atoms with Crippen LogP contribution in [0.5, 0.6) is 5.75 Å². The van der Waals surface area contributed by atoms with Crippen molar-refractivity contribution in [3.05, 3.63) is 52.4 Å². The van der Waals surface area contributed by atoms with Gasteiger partial charge in [-0.3, -0.25) is 0 Å². The van der Waals surface area contributed by atoms with Gasteiger partial charge in [0.05, 0.1) is 15.7 Å². The maximum absolute atomic E-state index is 13.4. The lowest BCUT2D eigenvalue weighted by Crippen LogP contribution is -2.08. The Morgan fingerprint density at radius 3 is 2.60 bits per heavy atom. The molecule has 25 heavy (non-hydrogen) atoms. The quantitative estimate of drug-likeness (QED) is 0.558. The van der Waals surface area contributed by atoms with E-state index in [1.165, 1.54) is 11.5 Å². The summed E-state index contributed by atoms with van der Waals surface area (Å²) in [5, 5.41) is 0. The summed E-state index contributed by atoms with van der Waals surface area (Å²) in [4.78, 5) is 3.98. The number of hydrogen-bond acceptors (Lipinski definition) is 3. The van der Waals surface area contributed by atoms with Gasteiger partial charge in [0.25, 0.3) is 0 Å². The maximum Gasteiger partial charge on any atom is 0.420 e. The molecule has 2 aromatic heterocycles. The average molecular weight is 415 g/mol. The predicted octanol–water partition coefficient (Wildman–Crippen LogP) is 5.07. The molecule has 0 unspecified atom stereocenters. The maximum atomic E-state index is 13.4. The molecule has 0 saturated carbocycles. The molecular formula is C17H14BrF3N2O2. The molecule has 0 saturated heterocycles. The first-order chi connectivity index (χ1) is 11.8. The van der Waals surface area contributed by atoms with Gasteiger partial charge >= 0.3 is 6.18 Å². The van der Waals surface area contributed by atoms with Crippen LogP contribution >= 0.6 is 15.9 Å². The van der Waals surface area contributed by atoms with Crippen molar-refractivity contribution < 1.29 is 22.6 Å². The fourth-order valence-electron chi connectivity index (χ4n) is 2.50. The molecule has 2 heterocycles. The second-order valence-electron chi connectivity index (χ2n) is 5.45. The van der Waals surface area contributed by atoms with Crippen molar-refractivity contribution in [2.45, 2.75) is 13.1 Å². The smallest absolute Gasteiger partial charge is 0.420 e. The van der Waals surface area contributed by atoms with Crippen molar-refractivity contribution in [1.82, 2.24) is 9.38 Å². The Labute approximate surface area is 150 Å². The van der Waals surface area contributed by atoms with Gasteiger partial charge in [-0.25, -0.2) is 4.98 Å².